The normalized spacial score (nSPS) is 12.3. The van der Waals surface area contributed by atoms with E-state index in [0.717, 1.165) is 38.4 Å². The Hall–Kier alpha value is -4.34. The van der Waals surface area contributed by atoms with E-state index < -0.39 is 0 Å². The van der Waals surface area contributed by atoms with Gasteiger partial charge in [0.25, 0.3) is 0 Å². The van der Waals surface area contributed by atoms with E-state index in [0.29, 0.717) is 11.1 Å². The zero-order valence-electron chi connectivity index (χ0n) is 17.9. The van der Waals surface area contributed by atoms with Gasteiger partial charge in [0, 0.05) is 32.1 Å². The highest BCUT2D eigenvalue weighted by Gasteiger charge is 2.29. The topological polar surface area (TPSA) is 50.8 Å². The van der Waals surface area contributed by atoms with Crippen molar-refractivity contribution in [2.24, 2.45) is 0 Å². The van der Waals surface area contributed by atoms with E-state index in [1.165, 1.54) is 21.7 Å². The van der Waals surface area contributed by atoms with Gasteiger partial charge in [-0.3, -0.25) is 0 Å². The van der Waals surface area contributed by atoms with Crippen LogP contribution in [0.1, 0.15) is 25.3 Å². The third-order valence-electron chi connectivity index (χ3n) is 6.68. The fourth-order valence-electron chi connectivity index (χ4n) is 5.15. The Labute approximate surface area is 185 Å². The van der Waals surface area contributed by atoms with E-state index in [4.69, 9.17) is 0 Å². The lowest BCUT2D eigenvalue weighted by molar-refractivity contribution is 0.869. The first-order valence-corrected chi connectivity index (χ1v) is 10.7. The molecule has 0 aliphatic carbocycles. The summed E-state index contributed by atoms with van der Waals surface area (Å²) in [5, 5.41) is 27.8. The summed E-state index contributed by atoms with van der Waals surface area (Å²) in [6.07, 6.45) is 0. The summed E-state index contributed by atoms with van der Waals surface area (Å²) in [6, 6.07) is 25.5. The molecule has 32 heavy (non-hydrogen) atoms. The highest BCUT2D eigenvalue weighted by atomic mass is 15.2. The van der Waals surface area contributed by atoms with Crippen molar-refractivity contribution in [2.75, 3.05) is 4.90 Å². The van der Waals surface area contributed by atoms with Crippen LogP contribution in [0.15, 0.2) is 60.7 Å². The molecule has 3 heteroatoms. The Morgan fingerprint density at radius 3 is 2.09 bits per heavy atom. The van der Waals surface area contributed by atoms with Gasteiger partial charge in [0.1, 0.15) is 17.7 Å². The summed E-state index contributed by atoms with van der Waals surface area (Å²) in [5.74, 6) is 0.310. The summed E-state index contributed by atoms with van der Waals surface area (Å²) in [4.78, 5) is 2.29. The highest BCUT2D eigenvalue weighted by molar-refractivity contribution is 6.24. The van der Waals surface area contributed by atoms with E-state index >= 15 is 0 Å². The Kier molecular flexibility index (Phi) is 3.65. The first kappa shape index (κ1) is 18.4. The predicted molar refractivity (Wildman–Crippen MR) is 132 cm³/mol. The zero-order valence-corrected chi connectivity index (χ0v) is 17.9. The van der Waals surface area contributed by atoms with Crippen molar-refractivity contribution in [3.8, 4) is 12.1 Å². The highest BCUT2D eigenvalue weighted by Crippen LogP contribution is 2.50. The number of nitriles is 2. The fraction of sp³-hybridized carbons (Fsp3) is 0.103. The van der Waals surface area contributed by atoms with Gasteiger partial charge in [0.05, 0.1) is 17.1 Å². The second-order valence-corrected chi connectivity index (χ2v) is 8.76. The maximum absolute atomic E-state index is 9.77. The van der Waals surface area contributed by atoms with Crippen molar-refractivity contribution >= 4 is 61.5 Å². The van der Waals surface area contributed by atoms with Crippen molar-refractivity contribution in [1.29, 1.82) is 10.5 Å². The van der Waals surface area contributed by atoms with Crippen LogP contribution in [-0.4, -0.2) is 0 Å². The average Bonchev–Trinajstić information content (AvgIpc) is 2.81. The van der Waals surface area contributed by atoms with E-state index in [9.17, 15) is 10.5 Å². The standard InChI is InChI=1S/C29H19N3/c1-16(2)19-11-23-17(3)10-26-21-8-4-6-18-7-5-9-22(28(18)21)27-13-24(20(14-30)15-31)25(12-19)29(23)32(26)27/h4-13,16H,3H2,1-2H3. The van der Waals surface area contributed by atoms with Crippen LogP contribution >= 0.6 is 0 Å². The molecule has 0 bridgehead atoms. The number of rotatable bonds is 1. The largest absolute Gasteiger partial charge is 0.308 e. The number of benzene rings is 3. The van der Waals surface area contributed by atoms with Crippen LogP contribution in [0, 0.1) is 22.7 Å². The quantitative estimate of drug-likeness (QED) is 0.330. The number of nitrogens with zero attached hydrogens (tertiary/aromatic N) is 3. The Balaban J connectivity index is 2.03. The fourth-order valence-corrected chi connectivity index (χ4v) is 5.15. The van der Waals surface area contributed by atoms with Crippen LogP contribution in [0.5, 0.6) is 0 Å². The predicted octanol–water partition coefficient (Wildman–Crippen LogP) is 6.10. The van der Waals surface area contributed by atoms with E-state index in [2.05, 4.69) is 92.1 Å². The van der Waals surface area contributed by atoms with Crippen molar-refractivity contribution < 1.29 is 0 Å². The van der Waals surface area contributed by atoms with Gasteiger partial charge in [-0.05, 0) is 46.4 Å². The summed E-state index contributed by atoms with van der Waals surface area (Å²) >= 11 is 0. The second-order valence-electron chi connectivity index (χ2n) is 8.76. The van der Waals surface area contributed by atoms with E-state index in [-0.39, 0.29) is 5.57 Å². The average molecular weight is 409 g/mol. The SMILES string of the molecule is C=c1cc2c3cccc4cccc(c5cc(=C(C#N)C#N)c6cc(C(C)C)cc1c6N25)c43. The minimum Gasteiger partial charge on any atom is -0.308 e. The van der Waals surface area contributed by atoms with Gasteiger partial charge in [0.2, 0.25) is 0 Å². The van der Waals surface area contributed by atoms with Crippen LogP contribution in [0.25, 0.3) is 44.5 Å². The molecule has 0 saturated carbocycles. The van der Waals surface area contributed by atoms with Gasteiger partial charge in [-0.1, -0.05) is 56.8 Å². The molecule has 0 amide bonds. The molecule has 0 unspecified atom stereocenters. The molecule has 0 fully saturated rings. The monoisotopic (exact) mass is 409 g/mol. The molecule has 3 aliphatic heterocycles. The van der Waals surface area contributed by atoms with Gasteiger partial charge >= 0.3 is 0 Å². The lowest BCUT2D eigenvalue weighted by Gasteiger charge is -2.36. The summed E-state index contributed by atoms with van der Waals surface area (Å²) in [5.41, 5.74) is 4.40. The number of hydrogen-bond donors (Lipinski definition) is 0. The van der Waals surface area contributed by atoms with Crippen molar-refractivity contribution in [1.82, 2.24) is 0 Å². The third-order valence-corrected chi connectivity index (χ3v) is 6.68. The number of anilines is 3. The first-order chi connectivity index (χ1) is 15.5. The molecule has 3 aromatic rings. The van der Waals surface area contributed by atoms with Crippen LogP contribution in [0.2, 0.25) is 0 Å². The van der Waals surface area contributed by atoms with Gasteiger partial charge in [-0.2, -0.15) is 10.5 Å². The van der Waals surface area contributed by atoms with Gasteiger partial charge in [-0.15, -0.1) is 0 Å². The maximum Gasteiger partial charge on any atom is 0.137 e. The molecule has 0 aromatic heterocycles. The molecular weight excluding hydrogens is 390 g/mol. The van der Waals surface area contributed by atoms with Crippen LogP contribution in [-0.2, 0) is 0 Å². The molecule has 150 valence electrons. The van der Waals surface area contributed by atoms with E-state index in [1.807, 2.05) is 6.07 Å². The Morgan fingerprint density at radius 1 is 0.844 bits per heavy atom. The number of hydrogen-bond acceptors (Lipinski definition) is 3. The summed E-state index contributed by atoms with van der Waals surface area (Å²) < 4.78 is 0. The Morgan fingerprint density at radius 2 is 1.47 bits per heavy atom. The van der Waals surface area contributed by atoms with Crippen LogP contribution < -0.4 is 15.3 Å². The number of fused-ring (bicyclic) bond motifs is 2. The molecule has 0 saturated heterocycles. The zero-order chi connectivity index (χ0) is 22.1. The molecule has 0 radical (unpaired) electrons. The van der Waals surface area contributed by atoms with Crippen molar-refractivity contribution in [3.63, 3.8) is 0 Å². The smallest absolute Gasteiger partial charge is 0.137 e. The molecular formula is C29H19N3. The van der Waals surface area contributed by atoms with Gasteiger partial charge < -0.3 is 4.90 Å². The molecule has 3 aromatic carbocycles. The van der Waals surface area contributed by atoms with Gasteiger partial charge in [-0.25, -0.2) is 0 Å². The maximum atomic E-state index is 9.77. The molecule has 0 atom stereocenters. The molecule has 3 heterocycles. The molecule has 3 aliphatic rings. The van der Waals surface area contributed by atoms with Crippen LogP contribution in [0.3, 0.4) is 0 Å². The third kappa shape index (κ3) is 2.23. The minimum atomic E-state index is 0.132. The molecule has 0 spiro atoms. The van der Waals surface area contributed by atoms with Crippen molar-refractivity contribution in [3.05, 3.63) is 76.7 Å². The molecule has 6 rings (SSSR count). The lowest BCUT2D eigenvalue weighted by Crippen LogP contribution is -2.26. The minimum absolute atomic E-state index is 0.132. The van der Waals surface area contributed by atoms with Gasteiger partial charge in [0.15, 0.2) is 0 Å². The van der Waals surface area contributed by atoms with Crippen molar-refractivity contribution in [2.45, 2.75) is 19.8 Å². The first-order valence-electron chi connectivity index (χ1n) is 10.7. The van der Waals surface area contributed by atoms with E-state index in [1.54, 1.807) is 0 Å². The second kappa shape index (κ2) is 6.33. The lowest BCUT2D eigenvalue weighted by atomic mass is 9.89. The molecule has 0 N–H and O–H groups in total. The summed E-state index contributed by atoms with van der Waals surface area (Å²) in [7, 11) is 0. The summed E-state index contributed by atoms with van der Waals surface area (Å²) in [6.45, 7) is 8.71. The Bertz CT molecular complexity index is 1770. The molecule has 3 nitrogen and oxygen atoms in total. The van der Waals surface area contributed by atoms with Crippen LogP contribution in [0.4, 0.5) is 17.1 Å².